The van der Waals surface area contributed by atoms with Crippen molar-refractivity contribution in [2.45, 2.75) is 13.0 Å². The van der Waals surface area contributed by atoms with Crippen LogP contribution in [0.2, 0.25) is 10.0 Å². The Morgan fingerprint density at radius 3 is 2.48 bits per heavy atom. The molecule has 2 atom stereocenters. The van der Waals surface area contributed by atoms with E-state index in [2.05, 4.69) is 10.6 Å². The normalized spacial score (nSPS) is 12.8. The zero-order valence-electron chi connectivity index (χ0n) is 15.3. The SMILES string of the molecule is COc1ccc(Cl)cc1NC(=O)[C@@H](C)[NH+](C)CC(=O)Nc1ccccc1Cl. The monoisotopic (exact) mass is 410 g/mol. The Hall–Kier alpha value is -2.28. The molecule has 0 spiro atoms. The summed E-state index contributed by atoms with van der Waals surface area (Å²) in [5.41, 5.74) is 1.02. The van der Waals surface area contributed by atoms with Gasteiger partial charge in [0.25, 0.3) is 11.8 Å². The molecule has 6 nitrogen and oxygen atoms in total. The van der Waals surface area contributed by atoms with Crippen molar-refractivity contribution >= 4 is 46.4 Å². The van der Waals surface area contributed by atoms with Gasteiger partial charge in [-0.3, -0.25) is 9.59 Å². The van der Waals surface area contributed by atoms with Gasteiger partial charge in [0, 0.05) is 5.02 Å². The van der Waals surface area contributed by atoms with E-state index in [1.54, 1.807) is 56.4 Å². The van der Waals surface area contributed by atoms with Gasteiger partial charge < -0.3 is 20.3 Å². The van der Waals surface area contributed by atoms with Gasteiger partial charge in [-0.2, -0.15) is 0 Å². The van der Waals surface area contributed by atoms with E-state index in [9.17, 15) is 9.59 Å². The number of carbonyl (C=O) groups excluding carboxylic acids is 2. The van der Waals surface area contributed by atoms with E-state index in [1.807, 2.05) is 0 Å². The van der Waals surface area contributed by atoms with E-state index < -0.39 is 6.04 Å². The number of rotatable bonds is 7. The van der Waals surface area contributed by atoms with Crippen molar-refractivity contribution in [2.75, 3.05) is 31.3 Å². The van der Waals surface area contributed by atoms with Crippen LogP contribution in [0.25, 0.3) is 0 Å². The van der Waals surface area contributed by atoms with E-state index >= 15 is 0 Å². The van der Waals surface area contributed by atoms with Crippen molar-refractivity contribution in [1.29, 1.82) is 0 Å². The van der Waals surface area contributed by atoms with E-state index in [4.69, 9.17) is 27.9 Å². The minimum atomic E-state index is -0.481. The maximum absolute atomic E-state index is 12.5. The molecule has 0 fully saturated rings. The van der Waals surface area contributed by atoms with Gasteiger partial charge in [-0.25, -0.2) is 0 Å². The number of anilines is 2. The van der Waals surface area contributed by atoms with Crippen molar-refractivity contribution in [3.05, 3.63) is 52.5 Å². The Balaban J connectivity index is 1.97. The van der Waals surface area contributed by atoms with Gasteiger partial charge in [-0.15, -0.1) is 0 Å². The first-order valence-electron chi connectivity index (χ1n) is 8.33. The number of amides is 2. The van der Waals surface area contributed by atoms with Gasteiger partial charge in [0.2, 0.25) is 0 Å². The highest BCUT2D eigenvalue weighted by molar-refractivity contribution is 6.33. The Bertz CT molecular complexity index is 830. The second kappa shape index (κ2) is 9.60. The van der Waals surface area contributed by atoms with Gasteiger partial charge in [-0.1, -0.05) is 35.3 Å². The predicted octanol–water partition coefficient (Wildman–Crippen LogP) is 2.48. The summed E-state index contributed by atoms with van der Waals surface area (Å²) in [6.07, 6.45) is 0. The minimum Gasteiger partial charge on any atom is -0.495 e. The van der Waals surface area contributed by atoms with Crippen LogP contribution in [0.3, 0.4) is 0 Å². The number of halogens is 2. The summed E-state index contributed by atoms with van der Waals surface area (Å²) in [6, 6.07) is 11.5. The van der Waals surface area contributed by atoms with Crippen molar-refractivity contribution in [3.8, 4) is 5.75 Å². The summed E-state index contributed by atoms with van der Waals surface area (Å²) in [4.78, 5) is 25.5. The molecule has 0 aromatic heterocycles. The third kappa shape index (κ3) is 5.85. The van der Waals surface area contributed by atoms with Crippen LogP contribution in [0.15, 0.2) is 42.5 Å². The third-order valence-electron chi connectivity index (χ3n) is 4.14. The number of hydrogen-bond acceptors (Lipinski definition) is 3. The molecule has 2 amide bonds. The number of ether oxygens (including phenoxy) is 1. The fraction of sp³-hybridized carbons (Fsp3) is 0.263. The van der Waals surface area contributed by atoms with Crippen molar-refractivity contribution in [2.24, 2.45) is 0 Å². The summed E-state index contributed by atoms with van der Waals surface area (Å²) in [6.45, 7) is 1.84. The summed E-state index contributed by atoms with van der Waals surface area (Å²) in [7, 11) is 3.28. The predicted molar refractivity (Wildman–Crippen MR) is 108 cm³/mol. The average Bonchev–Trinajstić information content (AvgIpc) is 2.63. The second-order valence-corrected chi connectivity index (χ2v) is 6.95. The molecule has 2 aromatic rings. The number of benzene rings is 2. The first-order valence-corrected chi connectivity index (χ1v) is 9.08. The maximum atomic E-state index is 12.5. The lowest BCUT2D eigenvalue weighted by molar-refractivity contribution is -0.885. The van der Waals surface area contributed by atoms with Crippen LogP contribution in [0.1, 0.15) is 6.92 Å². The van der Waals surface area contributed by atoms with E-state index in [0.717, 1.165) is 4.90 Å². The molecule has 0 saturated carbocycles. The van der Waals surface area contributed by atoms with E-state index in [-0.39, 0.29) is 18.4 Å². The van der Waals surface area contributed by atoms with E-state index in [0.29, 0.717) is 27.2 Å². The Labute approximate surface area is 168 Å². The van der Waals surface area contributed by atoms with Crippen LogP contribution in [0, 0.1) is 0 Å². The van der Waals surface area contributed by atoms with E-state index in [1.165, 1.54) is 7.11 Å². The second-order valence-electron chi connectivity index (χ2n) is 6.11. The van der Waals surface area contributed by atoms with Crippen molar-refractivity contribution in [1.82, 2.24) is 0 Å². The summed E-state index contributed by atoms with van der Waals surface area (Å²) in [5, 5.41) is 6.49. The Morgan fingerprint density at radius 2 is 1.81 bits per heavy atom. The number of likely N-dealkylation sites (N-methyl/N-ethyl adjacent to an activating group) is 1. The topological polar surface area (TPSA) is 71.9 Å². The third-order valence-corrected chi connectivity index (χ3v) is 4.70. The molecule has 0 saturated heterocycles. The van der Waals surface area contributed by atoms with Gasteiger partial charge >= 0.3 is 0 Å². The molecular formula is C19H22Cl2N3O3+. The van der Waals surface area contributed by atoms with Gasteiger partial charge in [0.05, 0.1) is 30.6 Å². The standard InChI is InChI=1S/C19H21Cl2N3O3/c1-12(19(26)23-16-10-13(20)8-9-17(16)27-3)24(2)11-18(25)22-15-7-5-4-6-14(15)21/h4-10,12H,11H2,1-3H3,(H,22,25)(H,23,26)/p+1/t12-/m1/s1. The molecule has 0 radical (unpaired) electrons. The smallest absolute Gasteiger partial charge is 0.282 e. The summed E-state index contributed by atoms with van der Waals surface area (Å²) in [5.74, 6) is 0.0215. The van der Waals surface area contributed by atoms with Crippen molar-refractivity contribution in [3.63, 3.8) is 0 Å². The number of nitrogens with one attached hydrogen (secondary N) is 3. The number of carbonyl (C=O) groups is 2. The first kappa shape index (κ1) is 21.0. The molecule has 2 rings (SSSR count). The molecule has 144 valence electrons. The molecule has 8 heteroatoms. The van der Waals surface area contributed by atoms with Crippen LogP contribution in [-0.4, -0.2) is 38.6 Å². The average molecular weight is 411 g/mol. The fourth-order valence-electron chi connectivity index (χ4n) is 2.41. The lowest BCUT2D eigenvalue weighted by Crippen LogP contribution is -3.14. The van der Waals surface area contributed by atoms with Crippen molar-refractivity contribution < 1.29 is 19.2 Å². The quantitative estimate of drug-likeness (QED) is 0.656. The molecule has 1 unspecified atom stereocenters. The minimum absolute atomic E-state index is 0.104. The van der Waals surface area contributed by atoms with Gasteiger partial charge in [0.15, 0.2) is 12.6 Å². The van der Waals surface area contributed by atoms with Crippen LogP contribution in [0.5, 0.6) is 5.75 Å². The molecule has 0 aliphatic rings. The van der Waals surface area contributed by atoms with Gasteiger partial charge in [-0.05, 0) is 37.3 Å². The zero-order valence-corrected chi connectivity index (χ0v) is 16.8. The zero-order chi connectivity index (χ0) is 20.0. The lowest BCUT2D eigenvalue weighted by atomic mass is 10.2. The highest BCUT2D eigenvalue weighted by Gasteiger charge is 2.25. The Morgan fingerprint density at radius 1 is 1.11 bits per heavy atom. The van der Waals surface area contributed by atoms with Crippen LogP contribution in [0.4, 0.5) is 11.4 Å². The first-order chi connectivity index (χ1) is 12.8. The summed E-state index contributed by atoms with van der Waals surface area (Å²) < 4.78 is 5.23. The molecule has 2 aromatic carbocycles. The molecule has 0 heterocycles. The molecule has 27 heavy (non-hydrogen) atoms. The highest BCUT2D eigenvalue weighted by Crippen LogP contribution is 2.27. The van der Waals surface area contributed by atoms with Crippen LogP contribution in [-0.2, 0) is 9.59 Å². The largest absolute Gasteiger partial charge is 0.495 e. The number of methoxy groups -OCH3 is 1. The van der Waals surface area contributed by atoms with Crippen LogP contribution < -0.4 is 20.3 Å². The summed E-state index contributed by atoms with van der Waals surface area (Å²) >= 11 is 12.0. The van der Waals surface area contributed by atoms with Gasteiger partial charge in [0.1, 0.15) is 5.75 Å². The number of quaternary nitrogens is 1. The maximum Gasteiger partial charge on any atom is 0.282 e. The van der Waals surface area contributed by atoms with Crippen LogP contribution >= 0.6 is 23.2 Å². The molecular weight excluding hydrogens is 389 g/mol. The highest BCUT2D eigenvalue weighted by atomic mass is 35.5. The molecule has 0 bridgehead atoms. The molecule has 0 aliphatic carbocycles. The fourth-order valence-corrected chi connectivity index (χ4v) is 2.76. The Kier molecular flexibility index (Phi) is 7.47. The lowest BCUT2D eigenvalue weighted by Gasteiger charge is -2.21. The number of hydrogen-bond donors (Lipinski definition) is 3. The molecule has 0 aliphatic heterocycles. The molecule has 3 N–H and O–H groups in total. The number of para-hydroxylation sites is 1.